The monoisotopic (exact) mass is 251 g/mol. The van der Waals surface area contributed by atoms with E-state index < -0.39 is 5.97 Å². The Morgan fingerprint density at radius 2 is 2.39 bits per heavy atom. The number of rotatable bonds is 6. The van der Waals surface area contributed by atoms with Crippen molar-refractivity contribution in [3.8, 4) is 0 Å². The van der Waals surface area contributed by atoms with Gasteiger partial charge in [0.25, 0.3) is 0 Å². The van der Waals surface area contributed by atoms with Gasteiger partial charge in [-0.3, -0.25) is 4.79 Å². The lowest BCUT2D eigenvalue weighted by Gasteiger charge is -2.13. The Hall–Kier alpha value is -2.32. The van der Waals surface area contributed by atoms with Crippen LogP contribution in [0.5, 0.6) is 0 Å². The molecule has 2 aromatic rings. The van der Waals surface area contributed by atoms with Gasteiger partial charge in [0.1, 0.15) is 19.2 Å². The van der Waals surface area contributed by atoms with Gasteiger partial charge < -0.3 is 5.11 Å². The molecule has 0 aromatic carbocycles. The second kappa shape index (κ2) is 5.34. The van der Waals surface area contributed by atoms with Crippen LogP contribution in [0.4, 0.5) is 0 Å². The predicted octanol–water partition coefficient (Wildman–Crippen LogP) is -0.261. The van der Waals surface area contributed by atoms with Gasteiger partial charge in [0, 0.05) is 0 Å². The minimum absolute atomic E-state index is 0.00804. The molecule has 96 valence electrons. The molecule has 0 aliphatic rings. The molecule has 0 bridgehead atoms. The van der Waals surface area contributed by atoms with Gasteiger partial charge in [0.15, 0.2) is 5.82 Å². The van der Waals surface area contributed by atoms with Crippen molar-refractivity contribution in [3.63, 3.8) is 0 Å². The maximum atomic E-state index is 10.8. The number of tetrazole rings is 1. The summed E-state index contributed by atoms with van der Waals surface area (Å²) in [5.41, 5.74) is 0. The molecule has 0 fully saturated rings. The Morgan fingerprint density at radius 3 is 3.00 bits per heavy atom. The minimum Gasteiger partial charge on any atom is -0.481 e. The van der Waals surface area contributed by atoms with E-state index in [0.29, 0.717) is 18.8 Å². The molecule has 18 heavy (non-hydrogen) atoms. The average molecular weight is 251 g/mol. The van der Waals surface area contributed by atoms with E-state index >= 15 is 0 Å². The van der Waals surface area contributed by atoms with E-state index in [4.69, 9.17) is 5.11 Å². The van der Waals surface area contributed by atoms with Crippen LogP contribution in [0, 0.1) is 0 Å². The van der Waals surface area contributed by atoms with Crippen LogP contribution >= 0.6 is 0 Å². The quantitative estimate of drug-likeness (QED) is 0.752. The predicted molar refractivity (Wildman–Crippen MR) is 58.5 cm³/mol. The first-order valence-electron chi connectivity index (χ1n) is 5.51. The molecule has 0 saturated carbocycles. The molecule has 0 amide bonds. The van der Waals surface area contributed by atoms with E-state index in [1.54, 1.807) is 11.0 Å². The summed E-state index contributed by atoms with van der Waals surface area (Å²) in [5.74, 6) is -0.308. The summed E-state index contributed by atoms with van der Waals surface area (Å²) in [6, 6.07) is -0.254. The zero-order valence-corrected chi connectivity index (χ0v) is 9.84. The van der Waals surface area contributed by atoms with E-state index in [1.165, 1.54) is 11.0 Å². The fraction of sp³-hybridized carbons (Fsp3) is 0.556. The fourth-order valence-corrected chi connectivity index (χ4v) is 1.66. The van der Waals surface area contributed by atoms with Gasteiger partial charge in [-0.15, -0.1) is 5.10 Å². The molecule has 2 rings (SSSR count). The average Bonchev–Trinajstić information content (AvgIpc) is 2.98. The van der Waals surface area contributed by atoms with Crippen molar-refractivity contribution >= 4 is 5.97 Å². The van der Waals surface area contributed by atoms with Crippen molar-refractivity contribution in [2.75, 3.05) is 0 Å². The number of hydrogen-bond acceptors (Lipinski definition) is 6. The van der Waals surface area contributed by atoms with Gasteiger partial charge in [-0.25, -0.2) is 14.3 Å². The first kappa shape index (κ1) is 12.1. The molecule has 1 atom stereocenters. The van der Waals surface area contributed by atoms with E-state index in [1.807, 2.05) is 6.92 Å². The van der Waals surface area contributed by atoms with E-state index in [9.17, 15) is 4.79 Å². The molecular formula is C9H13N7O2. The number of carbonyl (C=O) groups is 1. The standard InChI is InChI=1S/C9H13N7O2/c1-2-7(3-9(17)18)16-8(12-13-14-16)4-15-6-10-5-11-15/h5-7H,2-4H2,1H3,(H,17,18). The van der Waals surface area contributed by atoms with Gasteiger partial charge in [0.05, 0.1) is 12.5 Å². The maximum absolute atomic E-state index is 10.8. The normalized spacial score (nSPS) is 12.5. The first-order valence-corrected chi connectivity index (χ1v) is 5.51. The van der Waals surface area contributed by atoms with Crippen molar-refractivity contribution in [2.45, 2.75) is 32.4 Å². The van der Waals surface area contributed by atoms with Crippen molar-refractivity contribution < 1.29 is 9.90 Å². The van der Waals surface area contributed by atoms with Gasteiger partial charge in [-0.2, -0.15) is 5.10 Å². The molecule has 9 nitrogen and oxygen atoms in total. The number of carboxylic acids is 1. The van der Waals surface area contributed by atoms with Crippen LogP contribution in [0.1, 0.15) is 31.6 Å². The number of aromatic nitrogens is 7. The van der Waals surface area contributed by atoms with Crippen LogP contribution < -0.4 is 0 Å². The Morgan fingerprint density at radius 1 is 1.56 bits per heavy atom. The Labute approximate surface area is 102 Å². The third-order valence-electron chi connectivity index (χ3n) is 2.56. The summed E-state index contributed by atoms with van der Waals surface area (Å²) in [5, 5.41) is 24.1. The zero-order valence-electron chi connectivity index (χ0n) is 9.84. The molecular weight excluding hydrogens is 238 g/mol. The summed E-state index contributed by atoms with van der Waals surface area (Å²) in [7, 11) is 0. The van der Waals surface area contributed by atoms with Crippen molar-refractivity contribution in [3.05, 3.63) is 18.5 Å². The highest BCUT2D eigenvalue weighted by molar-refractivity contribution is 5.67. The molecule has 0 aliphatic heterocycles. The smallest absolute Gasteiger partial charge is 0.305 e. The molecule has 0 radical (unpaired) electrons. The summed E-state index contributed by atoms with van der Waals surface area (Å²) < 4.78 is 3.12. The van der Waals surface area contributed by atoms with Gasteiger partial charge in [-0.05, 0) is 16.8 Å². The van der Waals surface area contributed by atoms with Crippen LogP contribution in [-0.4, -0.2) is 46.0 Å². The Bertz CT molecular complexity index is 507. The molecule has 0 saturated heterocycles. The number of carboxylic acid groups (broad SMARTS) is 1. The molecule has 0 aliphatic carbocycles. The van der Waals surface area contributed by atoms with E-state index in [-0.39, 0.29) is 12.5 Å². The molecule has 9 heteroatoms. The minimum atomic E-state index is -0.871. The second-order valence-electron chi connectivity index (χ2n) is 3.79. The third kappa shape index (κ3) is 2.67. The molecule has 1 N–H and O–H groups in total. The van der Waals surface area contributed by atoms with Crippen LogP contribution in [0.25, 0.3) is 0 Å². The number of nitrogens with zero attached hydrogens (tertiary/aromatic N) is 7. The SMILES string of the molecule is CCC(CC(=O)O)n1nnnc1Cn1cncn1. The highest BCUT2D eigenvalue weighted by Crippen LogP contribution is 2.16. The van der Waals surface area contributed by atoms with Crippen molar-refractivity contribution in [2.24, 2.45) is 0 Å². The summed E-state index contributed by atoms with van der Waals surface area (Å²) in [6.45, 7) is 2.26. The molecule has 2 aromatic heterocycles. The molecule has 2 heterocycles. The van der Waals surface area contributed by atoms with Crippen LogP contribution in [0.15, 0.2) is 12.7 Å². The van der Waals surface area contributed by atoms with E-state index in [0.717, 1.165) is 0 Å². The number of hydrogen-bond donors (Lipinski definition) is 1. The summed E-state index contributed by atoms with van der Waals surface area (Å²) in [4.78, 5) is 14.6. The van der Waals surface area contributed by atoms with Gasteiger partial charge in [-0.1, -0.05) is 6.92 Å². The van der Waals surface area contributed by atoms with Crippen LogP contribution in [-0.2, 0) is 11.3 Å². The van der Waals surface area contributed by atoms with Crippen LogP contribution in [0.2, 0.25) is 0 Å². The molecule has 1 unspecified atom stereocenters. The number of aliphatic carboxylic acids is 1. The Kier molecular flexibility index (Phi) is 3.60. The van der Waals surface area contributed by atoms with E-state index in [2.05, 4.69) is 25.6 Å². The largest absolute Gasteiger partial charge is 0.481 e. The lowest BCUT2D eigenvalue weighted by molar-refractivity contribution is -0.138. The summed E-state index contributed by atoms with van der Waals surface area (Å²) >= 11 is 0. The maximum Gasteiger partial charge on any atom is 0.305 e. The topological polar surface area (TPSA) is 112 Å². The lowest BCUT2D eigenvalue weighted by Crippen LogP contribution is -2.18. The fourth-order valence-electron chi connectivity index (χ4n) is 1.66. The zero-order chi connectivity index (χ0) is 13.0. The highest BCUT2D eigenvalue weighted by atomic mass is 16.4. The van der Waals surface area contributed by atoms with Crippen molar-refractivity contribution in [1.29, 1.82) is 0 Å². The molecule has 0 spiro atoms. The van der Waals surface area contributed by atoms with Gasteiger partial charge >= 0.3 is 5.97 Å². The van der Waals surface area contributed by atoms with Crippen LogP contribution in [0.3, 0.4) is 0 Å². The third-order valence-corrected chi connectivity index (χ3v) is 2.56. The van der Waals surface area contributed by atoms with Gasteiger partial charge in [0.2, 0.25) is 0 Å². The van der Waals surface area contributed by atoms with Crippen molar-refractivity contribution in [1.82, 2.24) is 35.0 Å². The highest BCUT2D eigenvalue weighted by Gasteiger charge is 2.18. The first-order chi connectivity index (χ1) is 8.70. The summed E-state index contributed by atoms with van der Waals surface area (Å²) in [6.07, 6.45) is 3.60. The second-order valence-corrected chi connectivity index (χ2v) is 3.79. The lowest BCUT2D eigenvalue weighted by atomic mass is 10.1. The Balaban J connectivity index is 2.17.